The normalized spacial score (nSPS) is 22.2. The van der Waals surface area contributed by atoms with E-state index in [1.165, 1.54) is 37.8 Å². The van der Waals surface area contributed by atoms with Gasteiger partial charge in [-0.25, -0.2) is 4.39 Å². The molecule has 1 saturated carbocycles. The van der Waals surface area contributed by atoms with Crippen LogP contribution >= 0.6 is 0 Å². The first-order chi connectivity index (χ1) is 10.2. The van der Waals surface area contributed by atoms with Crippen LogP contribution < -0.4 is 5.32 Å². The minimum Gasteiger partial charge on any atom is -0.368 e. The summed E-state index contributed by atoms with van der Waals surface area (Å²) in [5.74, 6) is 2.18. The Morgan fingerprint density at radius 3 is 2.76 bits per heavy atom. The number of rotatable bonds is 4. The molecule has 0 bridgehead atoms. The predicted molar refractivity (Wildman–Crippen MR) is 83.6 cm³/mol. The second kappa shape index (κ2) is 6.29. The van der Waals surface area contributed by atoms with E-state index in [0.29, 0.717) is 0 Å². The van der Waals surface area contributed by atoms with E-state index in [0.717, 1.165) is 35.5 Å². The molecule has 21 heavy (non-hydrogen) atoms. The van der Waals surface area contributed by atoms with Crippen molar-refractivity contribution in [3.8, 4) is 11.3 Å². The molecule has 0 saturated heterocycles. The first-order valence-corrected chi connectivity index (χ1v) is 7.77. The van der Waals surface area contributed by atoms with Gasteiger partial charge in [-0.05, 0) is 48.1 Å². The fourth-order valence-corrected chi connectivity index (χ4v) is 3.12. The Balaban J connectivity index is 1.61. The zero-order valence-corrected chi connectivity index (χ0v) is 12.4. The van der Waals surface area contributed by atoms with Gasteiger partial charge in [0.25, 0.3) is 0 Å². The van der Waals surface area contributed by atoms with Gasteiger partial charge in [0.1, 0.15) is 11.6 Å². The van der Waals surface area contributed by atoms with Gasteiger partial charge in [0, 0.05) is 12.6 Å². The zero-order chi connectivity index (χ0) is 14.7. The number of aromatic amines is 1. The molecule has 0 amide bonds. The smallest absolute Gasteiger partial charge is 0.148 e. The van der Waals surface area contributed by atoms with Crippen molar-refractivity contribution >= 4 is 5.82 Å². The molecule has 1 aliphatic carbocycles. The van der Waals surface area contributed by atoms with Gasteiger partial charge in [0.05, 0.1) is 5.69 Å². The second-order valence-electron chi connectivity index (χ2n) is 6.08. The Labute approximate surface area is 125 Å². The molecule has 0 aliphatic heterocycles. The lowest BCUT2D eigenvalue weighted by atomic mass is 9.80. The first-order valence-electron chi connectivity index (χ1n) is 7.77. The van der Waals surface area contributed by atoms with Gasteiger partial charge in [-0.1, -0.05) is 26.2 Å². The third-order valence-electron chi connectivity index (χ3n) is 4.57. The molecule has 1 heterocycles. The van der Waals surface area contributed by atoms with Gasteiger partial charge < -0.3 is 5.32 Å². The van der Waals surface area contributed by atoms with Crippen LogP contribution in [0, 0.1) is 17.7 Å². The summed E-state index contributed by atoms with van der Waals surface area (Å²) in [6.45, 7) is 3.33. The molecule has 112 valence electrons. The van der Waals surface area contributed by atoms with Crippen LogP contribution in [0.3, 0.4) is 0 Å². The molecule has 3 rings (SSSR count). The van der Waals surface area contributed by atoms with E-state index in [1.807, 2.05) is 6.07 Å². The molecule has 1 fully saturated rings. The van der Waals surface area contributed by atoms with Gasteiger partial charge in [-0.3, -0.25) is 5.10 Å². The summed E-state index contributed by atoms with van der Waals surface area (Å²) in [4.78, 5) is 0. The number of anilines is 1. The third kappa shape index (κ3) is 3.43. The quantitative estimate of drug-likeness (QED) is 0.872. The van der Waals surface area contributed by atoms with Crippen LogP contribution in [-0.4, -0.2) is 16.7 Å². The van der Waals surface area contributed by atoms with E-state index in [-0.39, 0.29) is 5.82 Å². The number of H-pyrrole nitrogens is 1. The highest BCUT2D eigenvalue weighted by Crippen LogP contribution is 2.29. The minimum absolute atomic E-state index is 0.220. The number of aromatic nitrogens is 2. The van der Waals surface area contributed by atoms with Crippen molar-refractivity contribution < 1.29 is 4.39 Å². The van der Waals surface area contributed by atoms with Gasteiger partial charge in [0.2, 0.25) is 0 Å². The molecule has 0 radical (unpaired) electrons. The summed E-state index contributed by atoms with van der Waals surface area (Å²) in [6.07, 6.45) is 5.37. The highest BCUT2D eigenvalue weighted by Gasteiger charge is 2.21. The highest BCUT2D eigenvalue weighted by molar-refractivity contribution is 5.62. The lowest BCUT2D eigenvalue weighted by Gasteiger charge is -2.28. The molecule has 1 aromatic carbocycles. The van der Waals surface area contributed by atoms with Gasteiger partial charge in [-0.15, -0.1) is 0 Å². The lowest BCUT2D eigenvalue weighted by Crippen LogP contribution is -2.24. The van der Waals surface area contributed by atoms with E-state index in [2.05, 4.69) is 22.4 Å². The molecule has 2 N–H and O–H groups in total. The molecule has 0 spiro atoms. The van der Waals surface area contributed by atoms with Crippen molar-refractivity contribution in [1.29, 1.82) is 0 Å². The number of benzene rings is 1. The summed E-state index contributed by atoms with van der Waals surface area (Å²) in [6, 6.07) is 8.44. The first kappa shape index (κ1) is 14.1. The van der Waals surface area contributed by atoms with Crippen molar-refractivity contribution in [3.63, 3.8) is 0 Å². The number of nitrogens with zero attached hydrogens (tertiary/aromatic N) is 1. The van der Waals surface area contributed by atoms with Crippen LogP contribution in [0.2, 0.25) is 0 Å². The van der Waals surface area contributed by atoms with Crippen molar-refractivity contribution in [1.82, 2.24) is 10.2 Å². The Hall–Kier alpha value is -1.84. The fraction of sp³-hybridized carbons (Fsp3) is 0.471. The molecule has 1 aromatic heterocycles. The summed E-state index contributed by atoms with van der Waals surface area (Å²) in [7, 11) is 0. The predicted octanol–water partition coefficient (Wildman–Crippen LogP) is 4.45. The van der Waals surface area contributed by atoms with E-state index >= 15 is 0 Å². The number of nitrogens with one attached hydrogen (secondary N) is 2. The van der Waals surface area contributed by atoms with Gasteiger partial charge >= 0.3 is 0 Å². The van der Waals surface area contributed by atoms with E-state index in [9.17, 15) is 4.39 Å². The van der Waals surface area contributed by atoms with E-state index in [1.54, 1.807) is 12.1 Å². The number of hydrogen-bond donors (Lipinski definition) is 2. The summed E-state index contributed by atoms with van der Waals surface area (Å²) < 4.78 is 12.9. The van der Waals surface area contributed by atoms with E-state index in [4.69, 9.17) is 0 Å². The minimum atomic E-state index is -0.220. The SMILES string of the molecule is C[C@H]1CCCC[C@@H]1CNc1cc(-c2ccc(F)cc2)[nH]n1. The van der Waals surface area contributed by atoms with Crippen LogP contribution in [0.1, 0.15) is 32.6 Å². The average molecular weight is 287 g/mol. The summed E-state index contributed by atoms with van der Waals surface area (Å²) in [5, 5.41) is 10.7. The van der Waals surface area contributed by atoms with Crippen molar-refractivity contribution in [2.45, 2.75) is 32.6 Å². The Morgan fingerprint density at radius 1 is 1.24 bits per heavy atom. The third-order valence-corrected chi connectivity index (χ3v) is 4.57. The van der Waals surface area contributed by atoms with Crippen molar-refractivity contribution in [3.05, 3.63) is 36.1 Å². The maximum Gasteiger partial charge on any atom is 0.148 e. The largest absolute Gasteiger partial charge is 0.368 e. The molecule has 2 aromatic rings. The Bertz CT molecular complexity index is 576. The Morgan fingerprint density at radius 2 is 2.00 bits per heavy atom. The number of halogens is 1. The fourth-order valence-electron chi connectivity index (χ4n) is 3.12. The zero-order valence-electron chi connectivity index (χ0n) is 12.4. The topological polar surface area (TPSA) is 40.7 Å². The van der Waals surface area contributed by atoms with Crippen LogP contribution in [0.15, 0.2) is 30.3 Å². The van der Waals surface area contributed by atoms with Crippen LogP contribution in [0.25, 0.3) is 11.3 Å². The highest BCUT2D eigenvalue weighted by atomic mass is 19.1. The van der Waals surface area contributed by atoms with Gasteiger partial charge in [0.15, 0.2) is 0 Å². The molecule has 4 heteroatoms. The Kier molecular flexibility index (Phi) is 4.23. The second-order valence-corrected chi connectivity index (χ2v) is 6.08. The van der Waals surface area contributed by atoms with Gasteiger partial charge in [-0.2, -0.15) is 5.10 Å². The molecule has 3 nitrogen and oxygen atoms in total. The lowest BCUT2D eigenvalue weighted by molar-refractivity contribution is 0.268. The molecule has 0 unspecified atom stereocenters. The molecular formula is C17H22FN3. The summed E-state index contributed by atoms with van der Waals surface area (Å²) >= 11 is 0. The summed E-state index contributed by atoms with van der Waals surface area (Å²) in [5.41, 5.74) is 1.86. The standard InChI is InChI=1S/C17H22FN3/c1-12-4-2-3-5-14(12)11-19-17-10-16(20-21-17)13-6-8-15(18)9-7-13/h6-10,12,14H,2-5,11H2,1H3,(H2,19,20,21)/t12-,14+/m0/s1. The monoisotopic (exact) mass is 287 g/mol. The van der Waals surface area contributed by atoms with Crippen LogP contribution in [0.4, 0.5) is 10.2 Å². The van der Waals surface area contributed by atoms with E-state index < -0.39 is 0 Å². The van der Waals surface area contributed by atoms with Crippen LogP contribution in [0.5, 0.6) is 0 Å². The van der Waals surface area contributed by atoms with Crippen molar-refractivity contribution in [2.75, 3.05) is 11.9 Å². The molecular weight excluding hydrogens is 265 g/mol. The van der Waals surface area contributed by atoms with Crippen LogP contribution in [-0.2, 0) is 0 Å². The number of hydrogen-bond acceptors (Lipinski definition) is 2. The molecule has 1 aliphatic rings. The maximum atomic E-state index is 12.9. The average Bonchev–Trinajstić information content (AvgIpc) is 2.96. The maximum absolute atomic E-state index is 12.9. The van der Waals surface area contributed by atoms with Crippen molar-refractivity contribution in [2.24, 2.45) is 11.8 Å². The molecule has 2 atom stereocenters.